The molecular weight excluding hydrogens is 200 g/mol. The molecule has 0 aromatic heterocycles. The predicted molar refractivity (Wildman–Crippen MR) is 51.9 cm³/mol. The van der Waals surface area contributed by atoms with Crippen molar-refractivity contribution in [1.29, 1.82) is 0 Å². The second-order valence-electron chi connectivity index (χ2n) is 2.42. The number of ether oxygens (including phenoxy) is 3. The summed E-state index contributed by atoms with van der Waals surface area (Å²) in [5.41, 5.74) is 0. The molecule has 0 aliphatic heterocycles. The zero-order valence-electron chi connectivity index (χ0n) is 8.39. The van der Waals surface area contributed by atoms with E-state index >= 15 is 0 Å². The summed E-state index contributed by atoms with van der Waals surface area (Å²) in [5.74, 6) is 1.41. The third kappa shape index (κ3) is 6.16. The standard InChI is InChI=1S/C10H12O5/c1-4-6-13-9(11)8(3)15-10(12)14-7-5-2/h2,4,8H,1,6-7H2,3H3. The van der Waals surface area contributed by atoms with Gasteiger partial charge in [-0.1, -0.05) is 18.6 Å². The Morgan fingerprint density at radius 1 is 1.53 bits per heavy atom. The fraction of sp³-hybridized carbons (Fsp3) is 0.400. The Kier molecular flexibility index (Phi) is 6.47. The van der Waals surface area contributed by atoms with Crippen molar-refractivity contribution in [3.8, 4) is 12.3 Å². The van der Waals surface area contributed by atoms with Crippen molar-refractivity contribution in [2.75, 3.05) is 13.2 Å². The highest BCUT2D eigenvalue weighted by molar-refractivity contribution is 5.77. The van der Waals surface area contributed by atoms with Gasteiger partial charge >= 0.3 is 12.1 Å². The van der Waals surface area contributed by atoms with E-state index in [0.717, 1.165) is 0 Å². The minimum atomic E-state index is -1.03. The fourth-order valence-corrected chi connectivity index (χ4v) is 0.585. The van der Waals surface area contributed by atoms with Gasteiger partial charge in [0.1, 0.15) is 6.61 Å². The maximum atomic E-state index is 11.1. The predicted octanol–water partition coefficient (Wildman–Crippen LogP) is 0.891. The first-order valence-electron chi connectivity index (χ1n) is 4.16. The number of carbonyl (C=O) groups excluding carboxylic acids is 2. The molecule has 0 aromatic rings. The average Bonchev–Trinajstić information content (AvgIpc) is 2.22. The maximum Gasteiger partial charge on any atom is 0.510 e. The van der Waals surface area contributed by atoms with Crippen LogP contribution in [0.2, 0.25) is 0 Å². The molecule has 0 rings (SSSR count). The molecule has 15 heavy (non-hydrogen) atoms. The number of esters is 1. The van der Waals surface area contributed by atoms with E-state index < -0.39 is 18.2 Å². The summed E-state index contributed by atoms with van der Waals surface area (Å²) >= 11 is 0. The maximum absolute atomic E-state index is 11.1. The smallest absolute Gasteiger partial charge is 0.459 e. The van der Waals surface area contributed by atoms with Gasteiger partial charge in [-0.2, -0.15) is 0 Å². The van der Waals surface area contributed by atoms with Crippen LogP contribution >= 0.6 is 0 Å². The van der Waals surface area contributed by atoms with Crippen LogP contribution < -0.4 is 0 Å². The third-order valence-electron chi connectivity index (χ3n) is 1.22. The van der Waals surface area contributed by atoms with Crippen LogP contribution in [0.1, 0.15) is 6.92 Å². The molecule has 5 nitrogen and oxygen atoms in total. The minimum absolute atomic E-state index is 0.0614. The molecule has 0 N–H and O–H groups in total. The minimum Gasteiger partial charge on any atom is -0.459 e. The Morgan fingerprint density at radius 2 is 2.20 bits per heavy atom. The molecule has 0 fully saturated rings. The first-order valence-corrected chi connectivity index (χ1v) is 4.16. The second-order valence-corrected chi connectivity index (χ2v) is 2.42. The summed E-state index contributed by atoms with van der Waals surface area (Å²) in [6.45, 7) is 4.59. The summed E-state index contributed by atoms with van der Waals surface area (Å²) in [6, 6.07) is 0. The highest BCUT2D eigenvalue weighted by atomic mass is 16.7. The van der Waals surface area contributed by atoms with Gasteiger partial charge in [0.05, 0.1) is 0 Å². The van der Waals surface area contributed by atoms with E-state index in [2.05, 4.69) is 26.7 Å². The molecule has 0 saturated carbocycles. The van der Waals surface area contributed by atoms with Gasteiger partial charge in [-0.15, -0.1) is 6.42 Å². The molecular formula is C10H12O5. The van der Waals surface area contributed by atoms with Crippen LogP contribution in [-0.2, 0) is 19.0 Å². The average molecular weight is 212 g/mol. The van der Waals surface area contributed by atoms with Crippen LogP contribution in [0.4, 0.5) is 4.79 Å². The lowest BCUT2D eigenvalue weighted by Gasteiger charge is -2.10. The second kappa shape index (κ2) is 7.44. The van der Waals surface area contributed by atoms with Crippen molar-refractivity contribution in [3.63, 3.8) is 0 Å². The molecule has 0 aliphatic carbocycles. The molecule has 0 radical (unpaired) electrons. The monoisotopic (exact) mass is 212 g/mol. The summed E-state index contributed by atoms with van der Waals surface area (Å²) in [7, 11) is 0. The highest BCUT2D eigenvalue weighted by Gasteiger charge is 2.19. The number of carbonyl (C=O) groups is 2. The van der Waals surface area contributed by atoms with Crippen molar-refractivity contribution in [1.82, 2.24) is 0 Å². The summed E-state index contributed by atoms with van der Waals surface area (Å²) in [6.07, 6.45) is 4.22. The van der Waals surface area contributed by atoms with E-state index in [1.165, 1.54) is 13.0 Å². The van der Waals surface area contributed by atoms with Crippen LogP contribution in [0, 0.1) is 12.3 Å². The Balaban J connectivity index is 3.85. The van der Waals surface area contributed by atoms with Crippen LogP contribution in [0.15, 0.2) is 12.7 Å². The molecule has 0 aromatic carbocycles. The van der Waals surface area contributed by atoms with E-state index in [4.69, 9.17) is 6.42 Å². The lowest BCUT2D eigenvalue weighted by molar-refractivity contribution is -0.152. The lowest BCUT2D eigenvalue weighted by atomic mass is 10.4. The van der Waals surface area contributed by atoms with E-state index in [1.807, 2.05) is 0 Å². The molecule has 0 spiro atoms. The van der Waals surface area contributed by atoms with Crippen LogP contribution in [-0.4, -0.2) is 31.4 Å². The van der Waals surface area contributed by atoms with Gasteiger partial charge in [-0.05, 0) is 6.92 Å². The third-order valence-corrected chi connectivity index (χ3v) is 1.22. The first-order chi connectivity index (χ1) is 7.11. The van der Waals surface area contributed by atoms with Crippen molar-refractivity contribution in [2.45, 2.75) is 13.0 Å². The Bertz CT molecular complexity index is 276. The molecule has 0 heterocycles. The molecule has 82 valence electrons. The van der Waals surface area contributed by atoms with Crippen molar-refractivity contribution < 1.29 is 23.8 Å². The van der Waals surface area contributed by atoms with Crippen molar-refractivity contribution in [2.24, 2.45) is 0 Å². The quantitative estimate of drug-likeness (QED) is 0.385. The normalized spacial score (nSPS) is 10.7. The van der Waals surface area contributed by atoms with Crippen molar-refractivity contribution >= 4 is 12.1 Å². The molecule has 0 amide bonds. The zero-order chi connectivity index (χ0) is 11.7. The molecule has 5 heteroatoms. The number of hydrogen-bond donors (Lipinski definition) is 0. The van der Waals surface area contributed by atoms with Gasteiger partial charge < -0.3 is 14.2 Å². The van der Waals surface area contributed by atoms with Gasteiger partial charge in [0.25, 0.3) is 0 Å². The van der Waals surface area contributed by atoms with Gasteiger partial charge in [0, 0.05) is 0 Å². The van der Waals surface area contributed by atoms with Crippen molar-refractivity contribution in [3.05, 3.63) is 12.7 Å². The Morgan fingerprint density at radius 3 is 2.73 bits per heavy atom. The SMILES string of the molecule is C#CCOC(=O)OC(C)C(=O)OCC=C. The molecule has 1 atom stereocenters. The van der Waals surface area contributed by atoms with Gasteiger partial charge in [0.15, 0.2) is 12.7 Å². The van der Waals surface area contributed by atoms with Gasteiger partial charge in [-0.25, -0.2) is 9.59 Å². The van der Waals surface area contributed by atoms with Gasteiger partial charge in [0.2, 0.25) is 0 Å². The largest absolute Gasteiger partial charge is 0.510 e. The van der Waals surface area contributed by atoms with Crippen LogP contribution in [0.3, 0.4) is 0 Å². The highest BCUT2D eigenvalue weighted by Crippen LogP contribution is 1.97. The molecule has 0 aliphatic rings. The topological polar surface area (TPSA) is 61.8 Å². The number of rotatable bonds is 5. The lowest BCUT2D eigenvalue weighted by Crippen LogP contribution is -2.26. The first kappa shape index (κ1) is 13.0. The molecule has 0 saturated heterocycles. The van der Waals surface area contributed by atoms with E-state index in [1.54, 1.807) is 0 Å². The van der Waals surface area contributed by atoms with E-state index in [0.29, 0.717) is 0 Å². The van der Waals surface area contributed by atoms with Crippen LogP contribution in [0.25, 0.3) is 0 Å². The van der Waals surface area contributed by atoms with E-state index in [-0.39, 0.29) is 13.2 Å². The Labute approximate surface area is 88.0 Å². The van der Waals surface area contributed by atoms with E-state index in [9.17, 15) is 9.59 Å². The fourth-order valence-electron chi connectivity index (χ4n) is 0.585. The Hall–Kier alpha value is -1.96. The number of terminal acetylenes is 1. The zero-order valence-corrected chi connectivity index (χ0v) is 8.39. The molecule has 1 unspecified atom stereocenters. The molecule has 0 bridgehead atoms. The summed E-state index contributed by atoms with van der Waals surface area (Å²) < 4.78 is 13.6. The summed E-state index contributed by atoms with van der Waals surface area (Å²) in [4.78, 5) is 21.9. The summed E-state index contributed by atoms with van der Waals surface area (Å²) in [5, 5.41) is 0. The van der Waals surface area contributed by atoms with Crippen LogP contribution in [0.5, 0.6) is 0 Å². The number of hydrogen-bond acceptors (Lipinski definition) is 5. The van der Waals surface area contributed by atoms with Gasteiger partial charge in [-0.3, -0.25) is 0 Å².